The number of para-hydroxylation sites is 1. The fourth-order valence-corrected chi connectivity index (χ4v) is 2.71. The Morgan fingerprint density at radius 3 is 2.79 bits per heavy atom. The van der Waals surface area contributed by atoms with Crippen LogP contribution in [0.5, 0.6) is 5.75 Å². The molecule has 0 unspecified atom stereocenters. The van der Waals surface area contributed by atoms with Crippen molar-refractivity contribution in [3.05, 3.63) is 59.9 Å². The third-order valence-electron chi connectivity index (χ3n) is 3.06. The Morgan fingerprint density at radius 2 is 2.04 bits per heavy atom. The second-order valence-electron chi connectivity index (χ2n) is 4.81. The number of rotatable bonds is 5. The van der Waals surface area contributed by atoms with Crippen LogP contribution < -0.4 is 5.32 Å². The van der Waals surface area contributed by atoms with Crippen LogP contribution in [0.4, 0.5) is 5.69 Å². The van der Waals surface area contributed by atoms with Crippen LogP contribution in [0.1, 0.15) is 0 Å². The molecule has 0 aliphatic carbocycles. The number of hydrogen-bond donors (Lipinski definition) is 2. The van der Waals surface area contributed by atoms with E-state index in [1.165, 1.54) is 17.8 Å². The number of carbonyl (C=O) groups excluding carboxylic acids is 1. The maximum Gasteiger partial charge on any atom is 0.234 e. The largest absolute Gasteiger partial charge is 0.506 e. The number of hydrogen-bond acceptors (Lipinski definition) is 5. The van der Waals surface area contributed by atoms with E-state index in [0.717, 1.165) is 5.69 Å². The third-order valence-corrected chi connectivity index (χ3v) is 4.14. The van der Waals surface area contributed by atoms with Gasteiger partial charge in [0, 0.05) is 11.1 Å². The van der Waals surface area contributed by atoms with Gasteiger partial charge in [-0.25, -0.2) is 9.67 Å². The monoisotopic (exact) mass is 360 g/mol. The molecule has 6 nitrogen and oxygen atoms in total. The highest BCUT2D eigenvalue weighted by molar-refractivity contribution is 7.99. The molecule has 0 bridgehead atoms. The Bertz CT molecular complexity index is 854. The van der Waals surface area contributed by atoms with Gasteiger partial charge in [0.2, 0.25) is 11.1 Å². The first-order chi connectivity index (χ1) is 11.6. The Balaban J connectivity index is 1.58. The van der Waals surface area contributed by atoms with Gasteiger partial charge in [-0.2, -0.15) is 0 Å². The molecular formula is C16H13ClN4O2S. The van der Waals surface area contributed by atoms with Crippen molar-refractivity contribution in [3.8, 4) is 11.4 Å². The van der Waals surface area contributed by atoms with Gasteiger partial charge in [-0.3, -0.25) is 4.79 Å². The Hall–Kier alpha value is -2.51. The summed E-state index contributed by atoms with van der Waals surface area (Å²) in [4.78, 5) is 16.1. The van der Waals surface area contributed by atoms with E-state index in [1.54, 1.807) is 23.1 Å². The minimum Gasteiger partial charge on any atom is -0.506 e. The zero-order valence-electron chi connectivity index (χ0n) is 12.4. The molecule has 2 N–H and O–H groups in total. The highest BCUT2D eigenvalue weighted by Crippen LogP contribution is 2.26. The van der Waals surface area contributed by atoms with E-state index in [2.05, 4.69) is 15.4 Å². The summed E-state index contributed by atoms with van der Waals surface area (Å²) in [5.74, 6) is -0.220. The molecule has 1 amide bonds. The maximum absolute atomic E-state index is 12.0. The number of carbonyl (C=O) groups is 1. The van der Waals surface area contributed by atoms with Crippen LogP contribution in [0.15, 0.2) is 60.0 Å². The van der Waals surface area contributed by atoms with Crippen molar-refractivity contribution in [1.29, 1.82) is 0 Å². The lowest BCUT2D eigenvalue weighted by molar-refractivity contribution is -0.113. The standard InChI is InChI=1S/C16H13ClN4O2S/c17-11-6-7-13(14(22)8-11)19-15(23)9-24-16-18-10-21(20-16)12-4-2-1-3-5-12/h1-8,10,22H,9H2,(H,19,23). The quantitative estimate of drug-likeness (QED) is 0.538. The molecule has 3 aromatic rings. The summed E-state index contributed by atoms with van der Waals surface area (Å²) in [6, 6.07) is 14.1. The number of phenols is 1. The van der Waals surface area contributed by atoms with Crippen LogP contribution in [0, 0.1) is 0 Å². The second kappa shape index (κ2) is 7.37. The fraction of sp³-hybridized carbons (Fsp3) is 0.0625. The Labute approximate surface area is 147 Å². The number of amides is 1. The third kappa shape index (κ3) is 4.06. The normalized spacial score (nSPS) is 10.5. The van der Waals surface area contributed by atoms with E-state index in [9.17, 15) is 9.90 Å². The summed E-state index contributed by atoms with van der Waals surface area (Å²) >= 11 is 6.96. The first-order valence-corrected chi connectivity index (χ1v) is 8.36. The number of benzene rings is 2. The van der Waals surface area contributed by atoms with Gasteiger partial charge in [0.05, 0.1) is 17.1 Å². The minimum absolute atomic E-state index is 0.0765. The second-order valence-corrected chi connectivity index (χ2v) is 6.18. The first-order valence-electron chi connectivity index (χ1n) is 7.00. The molecule has 2 aromatic carbocycles. The van der Waals surface area contributed by atoms with Crippen LogP contribution in [-0.2, 0) is 4.79 Å². The molecule has 1 heterocycles. The van der Waals surface area contributed by atoms with Crippen molar-refractivity contribution in [1.82, 2.24) is 14.8 Å². The van der Waals surface area contributed by atoms with E-state index in [0.29, 0.717) is 15.9 Å². The number of nitrogens with one attached hydrogen (secondary N) is 1. The molecule has 1 aromatic heterocycles. The van der Waals surface area contributed by atoms with Gasteiger partial charge in [-0.05, 0) is 24.3 Å². The molecule has 0 atom stereocenters. The molecule has 0 saturated heterocycles. The summed E-state index contributed by atoms with van der Waals surface area (Å²) in [5.41, 5.74) is 1.21. The number of halogens is 1. The summed E-state index contributed by atoms with van der Waals surface area (Å²) in [6.45, 7) is 0. The predicted octanol–water partition coefficient (Wildman–Crippen LogP) is 3.36. The van der Waals surface area contributed by atoms with Crippen molar-refractivity contribution in [2.24, 2.45) is 0 Å². The van der Waals surface area contributed by atoms with Crippen molar-refractivity contribution in [2.45, 2.75) is 5.16 Å². The van der Waals surface area contributed by atoms with Crippen molar-refractivity contribution in [2.75, 3.05) is 11.1 Å². The smallest absolute Gasteiger partial charge is 0.234 e. The topological polar surface area (TPSA) is 80.0 Å². The fourth-order valence-electron chi connectivity index (χ4n) is 1.95. The van der Waals surface area contributed by atoms with Gasteiger partial charge < -0.3 is 10.4 Å². The van der Waals surface area contributed by atoms with Gasteiger partial charge in [-0.15, -0.1) is 5.10 Å². The molecule has 0 saturated carbocycles. The highest BCUT2D eigenvalue weighted by atomic mass is 35.5. The number of anilines is 1. The molecule has 24 heavy (non-hydrogen) atoms. The van der Waals surface area contributed by atoms with Crippen LogP contribution in [0.25, 0.3) is 5.69 Å². The minimum atomic E-state index is -0.270. The molecule has 0 spiro atoms. The van der Waals surface area contributed by atoms with Crippen molar-refractivity contribution >= 4 is 35.0 Å². The molecule has 8 heteroatoms. The lowest BCUT2D eigenvalue weighted by atomic mass is 10.3. The van der Waals surface area contributed by atoms with Crippen LogP contribution in [0.2, 0.25) is 5.02 Å². The number of phenolic OH excluding ortho intramolecular Hbond substituents is 1. The van der Waals surface area contributed by atoms with E-state index in [4.69, 9.17) is 11.6 Å². The van der Waals surface area contributed by atoms with Crippen LogP contribution in [0.3, 0.4) is 0 Å². The van der Waals surface area contributed by atoms with Crippen molar-refractivity contribution in [3.63, 3.8) is 0 Å². The van der Waals surface area contributed by atoms with Crippen molar-refractivity contribution < 1.29 is 9.90 Å². The number of aromatic hydroxyl groups is 1. The molecule has 0 aliphatic heterocycles. The average molecular weight is 361 g/mol. The molecule has 0 radical (unpaired) electrons. The van der Waals surface area contributed by atoms with Gasteiger partial charge in [0.15, 0.2) is 0 Å². The summed E-state index contributed by atoms with van der Waals surface area (Å²) in [7, 11) is 0. The summed E-state index contributed by atoms with van der Waals surface area (Å²) in [5, 5.41) is 17.5. The van der Waals surface area contributed by atoms with E-state index in [1.807, 2.05) is 30.3 Å². The lowest BCUT2D eigenvalue weighted by Gasteiger charge is -2.06. The van der Waals surface area contributed by atoms with Gasteiger partial charge in [0.25, 0.3) is 0 Å². The molecule has 0 fully saturated rings. The Kier molecular flexibility index (Phi) is 5.02. The maximum atomic E-state index is 12.0. The highest BCUT2D eigenvalue weighted by Gasteiger charge is 2.10. The molecule has 3 rings (SSSR count). The van der Waals surface area contributed by atoms with Gasteiger partial charge in [0.1, 0.15) is 12.1 Å². The zero-order chi connectivity index (χ0) is 16.9. The number of aromatic nitrogens is 3. The Morgan fingerprint density at radius 1 is 1.25 bits per heavy atom. The van der Waals surface area contributed by atoms with Crippen LogP contribution in [-0.4, -0.2) is 31.5 Å². The van der Waals surface area contributed by atoms with E-state index >= 15 is 0 Å². The van der Waals surface area contributed by atoms with Crippen LogP contribution >= 0.6 is 23.4 Å². The summed E-state index contributed by atoms with van der Waals surface area (Å²) in [6.07, 6.45) is 1.60. The average Bonchev–Trinajstić information content (AvgIpc) is 3.05. The number of nitrogens with zero attached hydrogens (tertiary/aromatic N) is 3. The zero-order valence-corrected chi connectivity index (χ0v) is 14.0. The predicted molar refractivity (Wildman–Crippen MR) is 93.8 cm³/mol. The summed E-state index contributed by atoms with van der Waals surface area (Å²) < 4.78 is 1.64. The van der Waals surface area contributed by atoms with E-state index < -0.39 is 0 Å². The molecule has 122 valence electrons. The first kappa shape index (κ1) is 16.4. The lowest BCUT2D eigenvalue weighted by Crippen LogP contribution is -2.14. The molecular weight excluding hydrogens is 348 g/mol. The number of thioether (sulfide) groups is 1. The SMILES string of the molecule is O=C(CSc1ncn(-c2ccccc2)n1)Nc1ccc(Cl)cc1O. The van der Waals surface area contributed by atoms with E-state index in [-0.39, 0.29) is 17.4 Å². The van der Waals surface area contributed by atoms with Gasteiger partial charge >= 0.3 is 0 Å². The van der Waals surface area contributed by atoms with Gasteiger partial charge in [-0.1, -0.05) is 41.6 Å². The molecule has 0 aliphatic rings.